The number of rotatable bonds is 4. The Kier molecular flexibility index (Phi) is 5.75. The number of aryl methyl sites for hydroxylation is 1. The minimum Gasteiger partial charge on any atom is -0.384 e. The van der Waals surface area contributed by atoms with Crippen molar-refractivity contribution in [3.63, 3.8) is 0 Å². The van der Waals surface area contributed by atoms with Crippen molar-refractivity contribution in [3.05, 3.63) is 29.3 Å². The molecule has 1 unspecified atom stereocenters. The maximum absolute atomic E-state index is 12.2. The van der Waals surface area contributed by atoms with Crippen molar-refractivity contribution in [2.45, 2.75) is 38.6 Å². The molecule has 0 saturated heterocycles. The Morgan fingerprint density at radius 2 is 1.95 bits per heavy atom. The van der Waals surface area contributed by atoms with Crippen LogP contribution in [-0.4, -0.2) is 26.2 Å². The van der Waals surface area contributed by atoms with Crippen LogP contribution in [0, 0.1) is 24.7 Å². The molecule has 2 N–H and O–H groups in total. The molecule has 0 heterocycles. The fourth-order valence-corrected chi connectivity index (χ4v) is 3.00. The monoisotopic (exact) mass is 295 g/mol. The van der Waals surface area contributed by atoms with Crippen molar-refractivity contribution in [1.29, 1.82) is 0 Å². The Morgan fingerprint density at radius 1 is 1.30 bits per heavy atom. The summed E-state index contributed by atoms with van der Waals surface area (Å²) in [6.07, 6.45) is 0. The molecule has 0 aliphatic heterocycles. The maximum Gasteiger partial charge on any atom is 0.240 e. The zero-order chi connectivity index (χ0) is 15.3. The Hall–Kier alpha value is -1.35. The first-order valence-electron chi connectivity index (χ1n) is 6.50. The Morgan fingerprint density at radius 3 is 2.45 bits per heavy atom. The average Bonchev–Trinajstić information content (AvgIpc) is 2.36. The number of nitrogens with one attached hydrogen (secondary N) is 1. The molecule has 110 valence electrons. The summed E-state index contributed by atoms with van der Waals surface area (Å²) in [5.74, 6) is 5.56. The van der Waals surface area contributed by atoms with Gasteiger partial charge in [0.2, 0.25) is 10.0 Å². The fourth-order valence-electron chi connectivity index (χ4n) is 1.53. The second kappa shape index (κ2) is 6.89. The molecule has 1 rings (SSSR count). The van der Waals surface area contributed by atoms with Crippen molar-refractivity contribution < 1.29 is 13.5 Å². The number of hydrogen-bond donors (Lipinski definition) is 2. The lowest BCUT2D eigenvalue weighted by atomic mass is 10.1. The molecule has 0 aromatic heterocycles. The van der Waals surface area contributed by atoms with Crippen LogP contribution in [0.4, 0.5) is 0 Å². The lowest BCUT2D eigenvalue weighted by molar-refractivity contribution is 0.350. The summed E-state index contributed by atoms with van der Waals surface area (Å²) < 4.78 is 27.1. The molecule has 0 aliphatic carbocycles. The Bertz CT molecular complexity index is 624. The van der Waals surface area contributed by atoms with E-state index in [-0.39, 0.29) is 23.5 Å². The highest BCUT2D eigenvalue weighted by molar-refractivity contribution is 7.89. The first-order valence-corrected chi connectivity index (χ1v) is 7.99. The van der Waals surface area contributed by atoms with Crippen LogP contribution >= 0.6 is 0 Å². The second-order valence-corrected chi connectivity index (χ2v) is 6.80. The van der Waals surface area contributed by atoms with E-state index in [0.717, 1.165) is 11.1 Å². The normalized spacial score (nSPS) is 12.9. The first kappa shape index (κ1) is 16.7. The molecule has 4 nitrogen and oxygen atoms in total. The van der Waals surface area contributed by atoms with Gasteiger partial charge in [0.05, 0.1) is 4.90 Å². The predicted molar refractivity (Wildman–Crippen MR) is 79.8 cm³/mol. The highest BCUT2D eigenvalue weighted by atomic mass is 32.2. The van der Waals surface area contributed by atoms with Crippen molar-refractivity contribution >= 4 is 10.0 Å². The van der Waals surface area contributed by atoms with Gasteiger partial charge in [-0.3, -0.25) is 0 Å². The molecule has 1 aromatic carbocycles. The second-order valence-electron chi connectivity index (χ2n) is 5.09. The molecule has 0 fully saturated rings. The molecule has 20 heavy (non-hydrogen) atoms. The molecule has 0 aliphatic rings. The number of aliphatic hydroxyl groups is 1. The number of hydrogen-bond acceptors (Lipinski definition) is 3. The third kappa shape index (κ3) is 4.34. The molecule has 1 atom stereocenters. The summed E-state index contributed by atoms with van der Waals surface area (Å²) in [5, 5.41) is 8.67. The van der Waals surface area contributed by atoms with Gasteiger partial charge in [0.15, 0.2) is 0 Å². The topological polar surface area (TPSA) is 66.4 Å². The predicted octanol–water partition coefficient (Wildman–Crippen LogP) is 1.66. The van der Waals surface area contributed by atoms with Gasteiger partial charge in [0, 0.05) is 11.6 Å². The summed E-state index contributed by atoms with van der Waals surface area (Å²) in [4.78, 5) is 0.233. The van der Waals surface area contributed by atoms with Crippen LogP contribution in [0.15, 0.2) is 23.1 Å². The molecule has 0 radical (unpaired) electrons. The quantitative estimate of drug-likeness (QED) is 0.830. The van der Waals surface area contributed by atoms with Crippen LogP contribution in [0.2, 0.25) is 0 Å². The first-order chi connectivity index (χ1) is 9.27. The van der Waals surface area contributed by atoms with E-state index in [1.807, 2.05) is 20.8 Å². The van der Waals surface area contributed by atoms with Crippen molar-refractivity contribution in [1.82, 2.24) is 4.72 Å². The van der Waals surface area contributed by atoms with Crippen molar-refractivity contribution in [2.24, 2.45) is 5.92 Å². The van der Waals surface area contributed by atoms with Gasteiger partial charge in [0.25, 0.3) is 0 Å². The van der Waals surface area contributed by atoms with E-state index >= 15 is 0 Å². The van der Waals surface area contributed by atoms with Gasteiger partial charge >= 0.3 is 0 Å². The molecule has 0 amide bonds. The molecule has 0 saturated carbocycles. The van der Waals surface area contributed by atoms with Crippen molar-refractivity contribution in [2.75, 3.05) is 6.61 Å². The van der Waals surface area contributed by atoms with Gasteiger partial charge in [-0.05, 0) is 43.5 Å². The van der Waals surface area contributed by atoms with E-state index in [4.69, 9.17) is 5.11 Å². The summed E-state index contributed by atoms with van der Waals surface area (Å²) >= 11 is 0. The van der Waals surface area contributed by atoms with Crippen molar-refractivity contribution in [3.8, 4) is 11.8 Å². The van der Waals surface area contributed by atoms with Crippen LogP contribution < -0.4 is 4.72 Å². The molecule has 0 spiro atoms. The summed E-state index contributed by atoms with van der Waals surface area (Å²) in [6.45, 7) is 7.35. The van der Waals surface area contributed by atoms with Crippen LogP contribution in [0.25, 0.3) is 0 Å². The molecular weight excluding hydrogens is 274 g/mol. The smallest absolute Gasteiger partial charge is 0.240 e. The fraction of sp³-hybridized carbons (Fsp3) is 0.467. The highest BCUT2D eigenvalue weighted by Gasteiger charge is 2.19. The summed E-state index contributed by atoms with van der Waals surface area (Å²) in [5.41, 5.74) is 1.49. The van der Waals surface area contributed by atoms with E-state index in [0.29, 0.717) is 0 Å². The zero-order valence-corrected chi connectivity index (χ0v) is 13.1. The van der Waals surface area contributed by atoms with E-state index in [1.165, 1.54) is 6.07 Å². The minimum absolute atomic E-state index is 0.130. The third-order valence-electron chi connectivity index (χ3n) is 3.15. The number of benzene rings is 1. The number of aliphatic hydroxyl groups excluding tert-OH is 1. The van der Waals surface area contributed by atoms with Gasteiger partial charge in [-0.25, -0.2) is 13.1 Å². The zero-order valence-electron chi connectivity index (χ0n) is 12.3. The van der Waals surface area contributed by atoms with Gasteiger partial charge in [-0.1, -0.05) is 25.7 Å². The van der Waals surface area contributed by atoms with E-state index < -0.39 is 10.0 Å². The Balaban J connectivity index is 3.06. The number of sulfonamides is 1. The molecular formula is C15H21NO3S. The standard InChI is InChI=1S/C15H21NO3S/c1-11(2)13(4)16-20(18,19)15-8-7-14(6-5-9-17)12(3)10-15/h7-8,10-11,13,16-17H,9H2,1-4H3. The van der Waals surface area contributed by atoms with E-state index in [1.54, 1.807) is 19.1 Å². The minimum atomic E-state index is -3.51. The summed E-state index contributed by atoms with van der Waals surface area (Å²) in [7, 11) is -3.51. The van der Waals surface area contributed by atoms with E-state index in [2.05, 4.69) is 16.6 Å². The van der Waals surface area contributed by atoms with Gasteiger partial charge in [-0.2, -0.15) is 0 Å². The van der Waals surface area contributed by atoms with Gasteiger partial charge in [-0.15, -0.1) is 0 Å². The van der Waals surface area contributed by atoms with Crippen LogP contribution in [0.1, 0.15) is 31.9 Å². The van der Waals surface area contributed by atoms with E-state index in [9.17, 15) is 8.42 Å². The largest absolute Gasteiger partial charge is 0.384 e. The molecule has 5 heteroatoms. The summed E-state index contributed by atoms with van der Waals surface area (Å²) in [6, 6.07) is 4.65. The molecule has 1 aromatic rings. The SMILES string of the molecule is Cc1cc(S(=O)(=O)NC(C)C(C)C)ccc1C#CCO. The van der Waals surface area contributed by atoms with Crippen LogP contribution in [0.3, 0.4) is 0 Å². The van der Waals surface area contributed by atoms with Crippen LogP contribution in [-0.2, 0) is 10.0 Å². The molecule has 0 bridgehead atoms. The van der Waals surface area contributed by atoms with Gasteiger partial charge < -0.3 is 5.11 Å². The average molecular weight is 295 g/mol. The maximum atomic E-state index is 12.2. The highest BCUT2D eigenvalue weighted by Crippen LogP contribution is 2.16. The lowest BCUT2D eigenvalue weighted by Crippen LogP contribution is -2.36. The lowest BCUT2D eigenvalue weighted by Gasteiger charge is -2.17. The third-order valence-corrected chi connectivity index (χ3v) is 4.71. The van der Waals surface area contributed by atoms with Gasteiger partial charge in [0.1, 0.15) is 6.61 Å². The Labute approximate surface area is 121 Å². The van der Waals surface area contributed by atoms with Crippen LogP contribution in [0.5, 0.6) is 0 Å².